The molecule has 1 saturated heterocycles. The van der Waals surface area contributed by atoms with Crippen molar-refractivity contribution in [1.29, 1.82) is 0 Å². The van der Waals surface area contributed by atoms with E-state index in [4.69, 9.17) is 0 Å². The highest BCUT2D eigenvalue weighted by atomic mass is 16.3. The molecule has 6 heteroatoms. The average Bonchev–Trinajstić information content (AvgIpc) is 3.02. The SMILES string of the molecule is CCN(CC)CCCN1C(=O)C(=O)C(=C(O)c2ccccc2)[C@H]1c1cccnc1. The number of hydrogen-bond donors (Lipinski definition) is 1. The van der Waals surface area contributed by atoms with Gasteiger partial charge in [-0.15, -0.1) is 0 Å². The molecule has 1 N–H and O–H groups in total. The maximum absolute atomic E-state index is 12.9. The fraction of sp³-hybridized carbons (Fsp3) is 0.348. The molecule has 0 bridgehead atoms. The third kappa shape index (κ3) is 4.38. The number of ketones is 1. The number of hydrogen-bond acceptors (Lipinski definition) is 5. The van der Waals surface area contributed by atoms with Crippen molar-refractivity contribution in [2.75, 3.05) is 26.2 Å². The lowest BCUT2D eigenvalue weighted by molar-refractivity contribution is -0.140. The number of rotatable bonds is 8. The van der Waals surface area contributed by atoms with Crippen LogP contribution < -0.4 is 0 Å². The number of nitrogens with zero attached hydrogens (tertiary/aromatic N) is 3. The molecule has 0 unspecified atom stereocenters. The van der Waals surface area contributed by atoms with Crippen LogP contribution in [-0.4, -0.2) is 57.8 Å². The Balaban J connectivity index is 1.98. The number of pyridine rings is 1. The van der Waals surface area contributed by atoms with Crippen molar-refractivity contribution >= 4 is 17.4 Å². The Morgan fingerprint density at radius 2 is 1.83 bits per heavy atom. The molecule has 0 radical (unpaired) electrons. The van der Waals surface area contributed by atoms with E-state index in [9.17, 15) is 14.7 Å². The zero-order chi connectivity index (χ0) is 20.8. The maximum atomic E-state index is 12.9. The molecule has 1 fully saturated rings. The zero-order valence-corrected chi connectivity index (χ0v) is 16.9. The summed E-state index contributed by atoms with van der Waals surface area (Å²) in [6.07, 6.45) is 4.04. The van der Waals surface area contributed by atoms with Crippen molar-refractivity contribution in [2.24, 2.45) is 0 Å². The third-order valence-electron chi connectivity index (χ3n) is 5.36. The van der Waals surface area contributed by atoms with Crippen molar-refractivity contribution in [3.05, 3.63) is 71.6 Å². The van der Waals surface area contributed by atoms with Crippen LogP contribution in [0.4, 0.5) is 0 Å². The van der Waals surface area contributed by atoms with Crippen LogP contribution in [0, 0.1) is 0 Å². The number of carbonyl (C=O) groups excluding carboxylic acids is 2. The van der Waals surface area contributed by atoms with Crippen LogP contribution >= 0.6 is 0 Å². The van der Waals surface area contributed by atoms with Gasteiger partial charge >= 0.3 is 0 Å². The average molecular weight is 393 g/mol. The molecule has 2 aromatic rings. The van der Waals surface area contributed by atoms with Crippen LogP contribution in [0.3, 0.4) is 0 Å². The van der Waals surface area contributed by atoms with E-state index in [0.717, 1.165) is 26.1 Å². The number of aliphatic hydroxyl groups is 1. The lowest BCUT2D eigenvalue weighted by atomic mass is 9.96. The molecule has 1 aliphatic rings. The zero-order valence-electron chi connectivity index (χ0n) is 16.9. The first-order valence-electron chi connectivity index (χ1n) is 10.0. The van der Waals surface area contributed by atoms with Gasteiger partial charge in [-0.05, 0) is 37.7 Å². The standard InChI is InChI=1S/C23H27N3O3/c1-3-25(4-2)14-9-15-26-20(18-12-8-13-24-16-18)19(22(28)23(26)29)21(27)17-10-6-5-7-11-17/h5-8,10-13,16,20,27H,3-4,9,14-15H2,1-2H3/t20-/m1/s1. The van der Waals surface area contributed by atoms with E-state index in [1.165, 1.54) is 0 Å². The monoisotopic (exact) mass is 393 g/mol. The van der Waals surface area contributed by atoms with Crippen molar-refractivity contribution < 1.29 is 14.7 Å². The predicted octanol–water partition coefficient (Wildman–Crippen LogP) is 3.24. The van der Waals surface area contributed by atoms with Gasteiger partial charge < -0.3 is 14.9 Å². The number of carbonyl (C=O) groups is 2. The van der Waals surface area contributed by atoms with Gasteiger partial charge in [0.25, 0.3) is 11.7 Å². The number of likely N-dealkylation sites (tertiary alicyclic amines) is 1. The minimum Gasteiger partial charge on any atom is -0.507 e. The molecule has 3 rings (SSSR count). The van der Waals surface area contributed by atoms with Crippen LogP contribution in [0.2, 0.25) is 0 Å². The van der Waals surface area contributed by atoms with Crippen molar-refractivity contribution in [3.8, 4) is 0 Å². The van der Waals surface area contributed by atoms with Crippen LogP contribution in [0.15, 0.2) is 60.4 Å². The summed E-state index contributed by atoms with van der Waals surface area (Å²) in [4.78, 5) is 33.7. The second kappa shape index (κ2) is 9.47. The van der Waals surface area contributed by atoms with Gasteiger partial charge in [-0.3, -0.25) is 14.6 Å². The van der Waals surface area contributed by atoms with Gasteiger partial charge in [-0.25, -0.2) is 0 Å². The lowest BCUT2D eigenvalue weighted by Crippen LogP contribution is -2.33. The molecule has 1 aromatic carbocycles. The Kier molecular flexibility index (Phi) is 6.77. The van der Waals surface area contributed by atoms with Crippen LogP contribution in [0.5, 0.6) is 0 Å². The highest BCUT2D eigenvalue weighted by Crippen LogP contribution is 2.39. The van der Waals surface area contributed by atoms with Crippen molar-refractivity contribution in [3.63, 3.8) is 0 Å². The molecule has 29 heavy (non-hydrogen) atoms. The van der Waals surface area contributed by atoms with Gasteiger partial charge in [-0.2, -0.15) is 0 Å². The molecule has 152 valence electrons. The maximum Gasteiger partial charge on any atom is 0.295 e. The minimum atomic E-state index is -0.650. The first-order chi connectivity index (χ1) is 14.1. The molecule has 0 aliphatic carbocycles. The van der Waals surface area contributed by atoms with E-state index in [2.05, 4.69) is 23.7 Å². The number of Topliss-reactive ketones (excluding diaryl/α,β-unsaturated/α-hetero) is 1. The van der Waals surface area contributed by atoms with Gasteiger partial charge in [0.05, 0.1) is 11.6 Å². The Bertz CT molecular complexity index is 877. The normalized spacial score (nSPS) is 18.6. The largest absolute Gasteiger partial charge is 0.507 e. The second-order valence-electron chi connectivity index (χ2n) is 7.03. The van der Waals surface area contributed by atoms with E-state index in [1.807, 2.05) is 12.1 Å². The van der Waals surface area contributed by atoms with Crippen LogP contribution in [0.1, 0.15) is 37.4 Å². The summed E-state index contributed by atoms with van der Waals surface area (Å²) >= 11 is 0. The second-order valence-corrected chi connectivity index (χ2v) is 7.03. The molecule has 0 saturated carbocycles. The summed E-state index contributed by atoms with van der Waals surface area (Å²) in [6, 6.07) is 11.8. The molecule has 6 nitrogen and oxygen atoms in total. The van der Waals surface area contributed by atoms with Gasteiger partial charge in [-0.1, -0.05) is 50.2 Å². The molecule has 1 aliphatic heterocycles. The molecule has 0 spiro atoms. The predicted molar refractivity (Wildman–Crippen MR) is 112 cm³/mol. The highest BCUT2D eigenvalue weighted by Gasteiger charge is 2.45. The molecule has 1 amide bonds. The van der Waals surface area contributed by atoms with Gasteiger partial charge in [0.15, 0.2) is 0 Å². The quantitative estimate of drug-likeness (QED) is 0.423. The molecule has 2 heterocycles. The Morgan fingerprint density at radius 1 is 1.10 bits per heavy atom. The summed E-state index contributed by atoms with van der Waals surface area (Å²) < 4.78 is 0. The van der Waals surface area contributed by atoms with Gasteiger partial charge in [0.2, 0.25) is 0 Å². The first kappa shape index (κ1) is 20.7. The summed E-state index contributed by atoms with van der Waals surface area (Å²) in [5, 5.41) is 10.9. The summed E-state index contributed by atoms with van der Waals surface area (Å²) in [5.74, 6) is -1.37. The fourth-order valence-corrected chi connectivity index (χ4v) is 3.75. The van der Waals surface area contributed by atoms with E-state index >= 15 is 0 Å². The van der Waals surface area contributed by atoms with Crippen molar-refractivity contribution in [1.82, 2.24) is 14.8 Å². The molecular weight excluding hydrogens is 366 g/mol. The van der Waals surface area contributed by atoms with E-state index in [0.29, 0.717) is 17.7 Å². The van der Waals surface area contributed by atoms with E-state index in [-0.39, 0.29) is 11.3 Å². The lowest BCUT2D eigenvalue weighted by Gasteiger charge is -2.26. The fourth-order valence-electron chi connectivity index (χ4n) is 3.75. The topological polar surface area (TPSA) is 73.7 Å². The highest BCUT2D eigenvalue weighted by molar-refractivity contribution is 6.46. The van der Waals surface area contributed by atoms with Crippen molar-refractivity contribution in [2.45, 2.75) is 26.3 Å². The van der Waals surface area contributed by atoms with Gasteiger partial charge in [0.1, 0.15) is 5.76 Å². The number of amides is 1. The van der Waals surface area contributed by atoms with Crippen LogP contribution in [0.25, 0.3) is 5.76 Å². The minimum absolute atomic E-state index is 0.122. The smallest absolute Gasteiger partial charge is 0.295 e. The molecular formula is C23H27N3O3. The summed E-state index contributed by atoms with van der Waals surface area (Å²) in [7, 11) is 0. The number of benzene rings is 1. The summed E-state index contributed by atoms with van der Waals surface area (Å²) in [6.45, 7) is 7.36. The number of aromatic nitrogens is 1. The summed E-state index contributed by atoms with van der Waals surface area (Å²) in [5.41, 5.74) is 1.35. The Hall–Kier alpha value is -2.99. The molecule has 1 aromatic heterocycles. The third-order valence-corrected chi connectivity index (χ3v) is 5.36. The van der Waals surface area contributed by atoms with Gasteiger partial charge in [0, 0.05) is 24.5 Å². The number of aliphatic hydroxyl groups excluding tert-OH is 1. The molecule has 1 atom stereocenters. The van der Waals surface area contributed by atoms with E-state index < -0.39 is 17.7 Å². The van der Waals surface area contributed by atoms with E-state index in [1.54, 1.807) is 47.6 Å². The van der Waals surface area contributed by atoms with Crippen LogP contribution in [-0.2, 0) is 9.59 Å². The first-order valence-corrected chi connectivity index (χ1v) is 10.0. The Labute approximate surface area is 171 Å². The Morgan fingerprint density at radius 3 is 2.45 bits per heavy atom.